The Morgan fingerprint density at radius 1 is 1.42 bits per heavy atom. The number of hydrogen-bond donors (Lipinski definition) is 2. The first-order valence-electron chi connectivity index (χ1n) is 5.73. The summed E-state index contributed by atoms with van der Waals surface area (Å²) in [5.41, 5.74) is 1.71. The molecule has 2 rings (SSSR count). The fraction of sp³-hybridized carbons (Fsp3) is 0.154. The number of benzene rings is 1. The number of nitrogens with one attached hydrogen (secondary N) is 2. The molecule has 98 valence electrons. The highest BCUT2D eigenvalue weighted by molar-refractivity contribution is 5.94. The Hall–Kier alpha value is -2.63. The second-order valence-electron chi connectivity index (χ2n) is 4.16. The van der Waals surface area contributed by atoms with E-state index in [9.17, 15) is 14.9 Å². The minimum atomic E-state index is -0.488. The number of amides is 1. The van der Waals surface area contributed by atoms with Gasteiger partial charge in [0.2, 0.25) is 0 Å². The molecule has 0 unspecified atom stereocenters. The first-order chi connectivity index (χ1) is 9.08. The fourth-order valence-electron chi connectivity index (χ4n) is 1.70. The van der Waals surface area contributed by atoms with E-state index in [1.807, 2.05) is 6.07 Å². The van der Waals surface area contributed by atoms with Crippen LogP contribution in [0.15, 0.2) is 36.7 Å². The molecule has 1 heterocycles. The van der Waals surface area contributed by atoms with Crippen molar-refractivity contribution < 1.29 is 9.72 Å². The highest BCUT2D eigenvalue weighted by atomic mass is 16.6. The highest BCUT2D eigenvalue weighted by Gasteiger charge is 2.14. The summed E-state index contributed by atoms with van der Waals surface area (Å²) in [6, 6.07) is 6.29. The molecule has 0 atom stereocenters. The minimum absolute atomic E-state index is 0.0469. The standard InChI is InChI=1S/C13H13N3O3/c1-9-2-3-11(6-12(9)16(18)19)13(17)15-8-10-4-5-14-7-10/h2-7,14H,8H2,1H3,(H,15,17). The Morgan fingerprint density at radius 3 is 2.84 bits per heavy atom. The molecule has 0 fully saturated rings. The smallest absolute Gasteiger partial charge is 0.273 e. The maximum Gasteiger partial charge on any atom is 0.273 e. The molecule has 2 N–H and O–H groups in total. The van der Waals surface area contributed by atoms with Gasteiger partial charge in [-0.2, -0.15) is 0 Å². The van der Waals surface area contributed by atoms with E-state index in [1.165, 1.54) is 6.07 Å². The van der Waals surface area contributed by atoms with Crippen molar-refractivity contribution in [2.24, 2.45) is 0 Å². The van der Waals surface area contributed by atoms with E-state index in [-0.39, 0.29) is 17.2 Å². The minimum Gasteiger partial charge on any atom is -0.367 e. The lowest BCUT2D eigenvalue weighted by Crippen LogP contribution is -2.22. The average molecular weight is 259 g/mol. The van der Waals surface area contributed by atoms with Gasteiger partial charge in [-0.25, -0.2) is 0 Å². The lowest BCUT2D eigenvalue weighted by atomic mass is 10.1. The normalized spacial score (nSPS) is 10.2. The lowest BCUT2D eigenvalue weighted by molar-refractivity contribution is -0.385. The van der Waals surface area contributed by atoms with Crippen LogP contribution in [0.25, 0.3) is 0 Å². The van der Waals surface area contributed by atoms with E-state index in [1.54, 1.807) is 31.5 Å². The van der Waals surface area contributed by atoms with E-state index < -0.39 is 4.92 Å². The summed E-state index contributed by atoms with van der Waals surface area (Å²) >= 11 is 0. The molecule has 0 saturated heterocycles. The predicted octanol–water partition coefficient (Wildman–Crippen LogP) is 2.16. The van der Waals surface area contributed by atoms with Gasteiger partial charge in [0.15, 0.2) is 0 Å². The number of aromatic amines is 1. The zero-order valence-electron chi connectivity index (χ0n) is 10.3. The number of carbonyl (C=O) groups excluding carboxylic acids is 1. The van der Waals surface area contributed by atoms with Crippen molar-refractivity contribution in [3.63, 3.8) is 0 Å². The van der Waals surface area contributed by atoms with Crippen LogP contribution in [-0.4, -0.2) is 15.8 Å². The molecule has 2 aromatic rings. The number of hydrogen-bond acceptors (Lipinski definition) is 3. The topological polar surface area (TPSA) is 88.0 Å². The van der Waals surface area contributed by atoms with Crippen molar-refractivity contribution in [1.82, 2.24) is 10.3 Å². The van der Waals surface area contributed by atoms with E-state index in [4.69, 9.17) is 0 Å². The Kier molecular flexibility index (Phi) is 3.61. The van der Waals surface area contributed by atoms with Crippen LogP contribution in [0.5, 0.6) is 0 Å². The molecule has 6 heteroatoms. The van der Waals surface area contributed by atoms with Crippen molar-refractivity contribution in [3.05, 3.63) is 63.5 Å². The number of aromatic nitrogens is 1. The third kappa shape index (κ3) is 2.98. The summed E-state index contributed by atoms with van der Waals surface area (Å²) in [5, 5.41) is 13.5. The first-order valence-corrected chi connectivity index (χ1v) is 5.73. The van der Waals surface area contributed by atoms with Gasteiger partial charge in [0.25, 0.3) is 11.6 Å². The number of nitro groups is 1. The fourth-order valence-corrected chi connectivity index (χ4v) is 1.70. The molecule has 0 aliphatic carbocycles. The number of nitro benzene ring substituents is 1. The average Bonchev–Trinajstić information content (AvgIpc) is 2.89. The summed E-state index contributed by atoms with van der Waals surface area (Å²) in [4.78, 5) is 25.1. The van der Waals surface area contributed by atoms with Crippen LogP contribution in [0.3, 0.4) is 0 Å². The van der Waals surface area contributed by atoms with Gasteiger partial charge in [-0.3, -0.25) is 14.9 Å². The molecule has 0 aliphatic rings. The van der Waals surface area contributed by atoms with Crippen molar-refractivity contribution in [3.8, 4) is 0 Å². The van der Waals surface area contributed by atoms with Gasteiger partial charge in [-0.1, -0.05) is 6.07 Å². The lowest BCUT2D eigenvalue weighted by Gasteiger charge is -2.05. The Balaban J connectivity index is 2.11. The summed E-state index contributed by atoms with van der Waals surface area (Å²) < 4.78 is 0. The molecular weight excluding hydrogens is 246 g/mol. The van der Waals surface area contributed by atoms with Crippen LogP contribution < -0.4 is 5.32 Å². The van der Waals surface area contributed by atoms with E-state index >= 15 is 0 Å². The van der Waals surface area contributed by atoms with Gasteiger partial charge in [0, 0.05) is 36.1 Å². The SMILES string of the molecule is Cc1ccc(C(=O)NCc2cc[nH]c2)cc1[N+](=O)[O-]. The monoisotopic (exact) mass is 259 g/mol. The van der Waals surface area contributed by atoms with Gasteiger partial charge >= 0.3 is 0 Å². The molecule has 0 saturated carbocycles. The third-order valence-corrected chi connectivity index (χ3v) is 2.78. The molecule has 0 bridgehead atoms. The second kappa shape index (κ2) is 5.34. The first kappa shape index (κ1) is 12.8. The molecular formula is C13H13N3O3. The number of nitrogens with zero attached hydrogens (tertiary/aromatic N) is 1. The maximum absolute atomic E-state index is 11.9. The quantitative estimate of drug-likeness (QED) is 0.651. The van der Waals surface area contributed by atoms with Crippen molar-refractivity contribution in [2.45, 2.75) is 13.5 Å². The number of aryl methyl sites for hydroxylation is 1. The Bertz CT molecular complexity index is 606. The number of H-pyrrole nitrogens is 1. The summed E-state index contributed by atoms with van der Waals surface area (Å²) in [5.74, 6) is -0.329. The Labute approximate surface area is 109 Å². The largest absolute Gasteiger partial charge is 0.367 e. The van der Waals surface area contributed by atoms with Gasteiger partial charge in [0.1, 0.15) is 0 Å². The van der Waals surface area contributed by atoms with Gasteiger partial charge in [-0.05, 0) is 24.6 Å². The second-order valence-corrected chi connectivity index (χ2v) is 4.16. The number of rotatable bonds is 4. The van der Waals surface area contributed by atoms with Gasteiger partial charge < -0.3 is 10.3 Å². The van der Waals surface area contributed by atoms with E-state index in [2.05, 4.69) is 10.3 Å². The number of carbonyl (C=O) groups is 1. The van der Waals surface area contributed by atoms with Crippen molar-refractivity contribution in [1.29, 1.82) is 0 Å². The van der Waals surface area contributed by atoms with Crippen LogP contribution in [0.1, 0.15) is 21.5 Å². The molecule has 6 nitrogen and oxygen atoms in total. The molecule has 0 spiro atoms. The predicted molar refractivity (Wildman–Crippen MR) is 69.8 cm³/mol. The van der Waals surface area contributed by atoms with E-state index in [0.29, 0.717) is 12.1 Å². The molecule has 1 aromatic carbocycles. The van der Waals surface area contributed by atoms with Crippen LogP contribution in [0, 0.1) is 17.0 Å². The van der Waals surface area contributed by atoms with Gasteiger partial charge in [-0.15, -0.1) is 0 Å². The summed E-state index contributed by atoms with van der Waals surface area (Å²) in [6.45, 7) is 2.02. The summed E-state index contributed by atoms with van der Waals surface area (Å²) in [7, 11) is 0. The Morgan fingerprint density at radius 2 is 2.21 bits per heavy atom. The molecule has 19 heavy (non-hydrogen) atoms. The van der Waals surface area contributed by atoms with Gasteiger partial charge in [0.05, 0.1) is 4.92 Å². The molecule has 0 radical (unpaired) electrons. The van der Waals surface area contributed by atoms with Crippen LogP contribution in [0.4, 0.5) is 5.69 Å². The maximum atomic E-state index is 11.9. The molecule has 0 aliphatic heterocycles. The molecule has 1 amide bonds. The zero-order chi connectivity index (χ0) is 13.8. The van der Waals surface area contributed by atoms with Crippen LogP contribution >= 0.6 is 0 Å². The third-order valence-electron chi connectivity index (χ3n) is 2.78. The molecule has 1 aromatic heterocycles. The zero-order valence-corrected chi connectivity index (χ0v) is 10.3. The van der Waals surface area contributed by atoms with Crippen molar-refractivity contribution in [2.75, 3.05) is 0 Å². The highest BCUT2D eigenvalue weighted by Crippen LogP contribution is 2.19. The van der Waals surface area contributed by atoms with Crippen molar-refractivity contribution >= 4 is 11.6 Å². The summed E-state index contributed by atoms with van der Waals surface area (Å²) in [6.07, 6.45) is 3.54. The van der Waals surface area contributed by atoms with Crippen LogP contribution in [-0.2, 0) is 6.54 Å². The van der Waals surface area contributed by atoms with E-state index in [0.717, 1.165) is 5.56 Å². The van der Waals surface area contributed by atoms with Crippen LogP contribution in [0.2, 0.25) is 0 Å².